The Morgan fingerprint density at radius 2 is 2.00 bits per heavy atom. The number of halogens is 2. The van der Waals surface area contributed by atoms with Crippen molar-refractivity contribution in [2.75, 3.05) is 6.61 Å². The Hall–Kier alpha value is -1.62. The SMILES string of the molecule is CCOc1cccc(C(NN)c2ccc(Cl)c(F)c2)c1. The van der Waals surface area contributed by atoms with Crippen LogP contribution in [0.2, 0.25) is 5.02 Å². The van der Waals surface area contributed by atoms with E-state index in [9.17, 15) is 4.39 Å². The van der Waals surface area contributed by atoms with Crippen molar-refractivity contribution in [2.45, 2.75) is 13.0 Å². The van der Waals surface area contributed by atoms with Crippen molar-refractivity contribution in [3.05, 3.63) is 64.4 Å². The van der Waals surface area contributed by atoms with Gasteiger partial charge in [0.05, 0.1) is 17.7 Å². The molecule has 3 nitrogen and oxygen atoms in total. The molecule has 5 heteroatoms. The summed E-state index contributed by atoms with van der Waals surface area (Å²) in [5.74, 6) is 5.89. The number of nitrogens with one attached hydrogen (secondary N) is 1. The van der Waals surface area contributed by atoms with E-state index in [2.05, 4.69) is 5.43 Å². The van der Waals surface area contributed by atoms with E-state index >= 15 is 0 Å². The minimum atomic E-state index is -0.467. The van der Waals surface area contributed by atoms with Crippen LogP contribution >= 0.6 is 11.6 Å². The van der Waals surface area contributed by atoms with Gasteiger partial charge in [-0.2, -0.15) is 0 Å². The van der Waals surface area contributed by atoms with Gasteiger partial charge in [0.25, 0.3) is 0 Å². The Morgan fingerprint density at radius 1 is 1.25 bits per heavy atom. The summed E-state index contributed by atoms with van der Waals surface area (Å²) in [6.45, 7) is 2.50. The highest BCUT2D eigenvalue weighted by atomic mass is 35.5. The van der Waals surface area contributed by atoms with Crippen LogP contribution in [0.25, 0.3) is 0 Å². The van der Waals surface area contributed by atoms with Gasteiger partial charge in [-0.15, -0.1) is 0 Å². The van der Waals surface area contributed by atoms with Gasteiger partial charge >= 0.3 is 0 Å². The number of ether oxygens (including phenoxy) is 1. The van der Waals surface area contributed by atoms with E-state index in [1.807, 2.05) is 31.2 Å². The molecule has 0 bridgehead atoms. The van der Waals surface area contributed by atoms with Crippen LogP contribution in [0.5, 0.6) is 5.75 Å². The zero-order chi connectivity index (χ0) is 14.5. The number of hydrogen-bond donors (Lipinski definition) is 2. The molecule has 0 aliphatic rings. The molecule has 0 fully saturated rings. The highest BCUT2D eigenvalue weighted by molar-refractivity contribution is 6.30. The molecule has 0 aliphatic heterocycles. The lowest BCUT2D eigenvalue weighted by Crippen LogP contribution is -2.28. The second kappa shape index (κ2) is 6.70. The standard InChI is InChI=1S/C15H16ClFN2O/c1-2-20-12-5-3-4-10(8-12)15(19-18)11-6-7-13(16)14(17)9-11/h3-9,15,19H,2,18H2,1H3. The number of benzene rings is 2. The number of nitrogens with two attached hydrogens (primary N) is 1. The van der Waals surface area contributed by atoms with Gasteiger partial charge < -0.3 is 4.74 Å². The predicted molar refractivity (Wildman–Crippen MR) is 78.2 cm³/mol. The Labute approximate surface area is 122 Å². The zero-order valence-corrected chi connectivity index (χ0v) is 11.8. The Kier molecular flexibility index (Phi) is 4.95. The van der Waals surface area contributed by atoms with Gasteiger partial charge in [-0.1, -0.05) is 29.8 Å². The fraction of sp³-hybridized carbons (Fsp3) is 0.200. The van der Waals surface area contributed by atoms with E-state index in [0.717, 1.165) is 11.3 Å². The maximum atomic E-state index is 13.6. The second-order valence-corrected chi connectivity index (χ2v) is 4.69. The summed E-state index contributed by atoms with van der Waals surface area (Å²) in [7, 11) is 0. The summed E-state index contributed by atoms with van der Waals surface area (Å²) >= 11 is 5.69. The number of hydrogen-bond acceptors (Lipinski definition) is 3. The van der Waals surface area contributed by atoms with Gasteiger partial charge in [0.2, 0.25) is 0 Å². The highest BCUT2D eigenvalue weighted by Crippen LogP contribution is 2.27. The summed E-state index contributed by atoms with van der Waals surface area (Å²) < 4.78 is 19.0. The van der Waals surface area contributed by atoms with Gasteiger partial charge in [0.15, 0.2) is 0 Å². The molecular weight excluding hydrogens is 279 g/mol. The molecule has 3 N–H and O–H groups in total. The first-order valence-electron chi connectivity index (χ1n) is 6.29. The molecule has 2 aromatic rings. The first-order chi connectivity index (χ1) is 9.65. The van der Waals surface area contributed by atoms with E-state index in [0.29, 0.717) is 12.2 Å². The van der Waals surface area contributed by atoms with Crippen LogP contribution in [0.15, 0.2) is 42.5 Å². The van der Waals surface area contributed by atoms with Crippen molar-refractivity contribution >= 4 is 11.6 Å². The highest BCUT2D eigenvalue weighted by Gasteiger charge is 2.14. The molecule has 0 radical (unpaired) electrons. The Morgan fingerprint density at radius 3 is 2.65 bits per heavy atom. The van der Waals surface area contributed by atoms with Gasteiger partial charge in [-0.05, 0) is 42.3 Å². The van der Waals surface area contributed by atoms with Gasteiger partial charge in [-0.25, -0.2) is 9.82 Å². The van der Waals surface area contributed by atoms with E-state index in [-0.39, 0.29) is 11.1 Å². The normalized spacial score (nSPS) is 12.2. The lowest BCUT2D eigenvalue weighted by atomic mass is 9.99. The minimum Gasteiger partial charge on any atom is -0.494 e. The van der Waals surface area contributed by atoms with Crippen LogP contribution < -0.4 is 16.0 Å². The van der Waals surface area contributed by atoms with Crippen molar-refractivity contribution in [1.29, 1.82) is 0 Å². The maximum Gasteiger partial charge on any atom is 0.142 e. The molecule has 0 amide bonds. The first-order valence-corrected chi connectivity index (χ1v) is 6.67. The van der Waals surface area contributed by atoms with Gasteiger partial charge in [0.1, 0.15) is 11.6 Å². The second-order valence-electron chi connectivity index (χ2n) is 4.28. The largest absolute Gasteiger partial charge is 0.494 e. The van der Waals surface area contributed by atoms with Gasteiger partial charge in [0, 0.05) is 0 Å². The van der Waals surface area contributed by atoms with E-state index in [1.165, 1.54) is 12.1 Å². The molecule has 0 spiro atoms. The topological polar surface area (TPSA) is 47.3 Å². The third-order valence-electron chi connectivity index (χ3n) is 2.95. The van der Waals surface area contributed by atoms with Crippen LogP contribution in [0.3, 0.4) is 0 Å². The van der Waals surface area contributed by atoms with E-state index < -0.39 is 5.82 Å². The Bertz CT molecular complexity index is 592. The summed E-state index contributed by atoms with van der Waals surface area (Å²) in [6.07, 6.45) is 0. The number of hydrazine groups is 1. The molecule has 0 heterocycles. The smallest absolute Gasteiger partial charge is 0.142 e. The molecule has 2 rings (SSSR count). The fourth-order valence-corrected chi connectivity index (χ4v) is 2.14. The monoisotopic (exact) mass is 294 g/mol. The molecule has 1 unspecified atom stereocenters. The fourth-order valence-electron chi connectivity index (χ4n) is 2.03. The average Bonchev–Trinajstić information content (AvgIpc) is 2.44. The molecule has 106 valence electrons. The van der Waals surface area contributed by atoms with Crippen molar-refractivity contribution in [1.82, 2.24) is 5.43 Å². The average molecular weight is 295 g/mol. The Balaban J connectivity index is 2.36. The number of rotatable bonds is 5. The predicted octanol–water partition coefficient (Wildman–Crippen LogP) is 3.43. The first kappa shape index (κ1) is 14.8. The van der Waals surface area contributed by atoms with Crippen molar-refractivity contribution in [2.24, 2.45) is 5.84 Å². The molecule has 0 saturated heterocycles. The summed E-state index contributed by atoms with van der Waals surface area (Å²) in [5, 5.41) is 0.0904. The summed E-state index contributed by atoms with van der Waals surface area (Å²) in [6, 6.07) is 11.8. The molecule has 1 atom stereocenters. The minimum absolute atomic E-state index is 0.0904. The molecule has 0 saturated carbocycles. The van der Waals surface area contributed by atoms with Crippen molar-refractivity contribution in [3.63, 3.8) is 0 Å². The molecule has 2 aromatic carbocycles. The van der Waals surface area contributed by atoms with Crippen LogP contribution in [0, 0.1) is 5.82 Å². The van der Waals surface area contributed by atoms with Crippen LogP contribution in [0.1, 0.15) is 24.1 Å². The quantitative estimate of drug-likeness (QED) is 0.656. The zero-order valence-electron chi connectivity index (χ0n) is 11.1. The van der Waals surface area contributed by atoms with Crippen molar-refractivity contribution in [3.8, 4) is 5.75 Å². The molecule has 0 aromatic heterocycles. The van der Waals surface area contributed by atoms with Crippen LogP contribution in [-0.4, -0.2) is 6.61 Å². The van der Waals surface area contributed by atoms with Crippen LogP contribution in [-0.2, 0) is 0 Å². The molecule has 20 heavy (non-hydrogen) atoms. The summed E-state index contributed by atoms with van der Waals surface area (Å²) in [4.78, 5) is 0. The molecular formula is C15H16ClFN2O. The van der Waals surface area contributed by atoms with E-state index in [4.69, 9.17) is 22.2 Å². The van der Waals surface area contributed by atoms with Crippen LogP contribution in [0.4, 0.5) is 4.39 Å². The third kappa shape index (κ3) is 3.28. The lowest BCUT2D eigenvalue weighted by molar-refractivity contribution is 0.339. The summed E-state index contributed by atoms with van der Waals surface area (Å²) in [5.41, 5.74) is 4.27. The lowest BCUT2D eigenvalue weighted by Gasteiger charge is -2.18. The third-order valence-corrected chi connectivity index (χ3v) is 3.25. The molecule has 0 aliphatic carbocycles. The van der Waals surface area contributed by atoms with E-state index in [1.54, 1.807) is 6.07 Å². The van der Waals surface area contributed by atoms with Gasteiger partial charge in [-0.3, -0.25) is 5.84 Å². The maximum absolute atomic E-state index is 13.6. The van der Waals surface area contributed by atoms with Crippen molar-refractivity contribution < 1.29 is 9.13 Å².